The maximum Gasteiger partial charge on any atom is 0.307 e. The predicted molar refractivity (Wildman–Crippen MR) is 69.3 cm³/mol. The van der Waals surface area contributed by atoms with Gasteiger partial charge >= 0.3 is 5.97 Å². The number of nitrogens with zero attached hydrogens (tertiary/aromatic N) is 1. The van der Waals surface area contributed by atoms with Crippen LogP contribution in [0.25, 0.3) is 0 Å². The Balaban J connectivity index is 2.54. The summed E-state index contributed by atoms with van der Waals surface area (Å²) in [5.41, 5.74) is 1.20. The largest absolute Gasteiger partial charge is 0.481 e. The lowest BCUT2D eigenvalue weighted by molar-refractivity contribution is -0.136. The molecule has 0 saturated carbocycles. The number of benzene rings is 1. The SMILES string of the molecule is N#CCSCC(=O)Nc1cccc(CC(=O)O)c1. The highest BCUT2D eigenvalue weighted by Gasteiger charge is 2.04. The molecule has 1 aromatic rings. The van der Waals surface area contributed by atoms with Gasteiger partial charge in [-0.25, -0.2) is 0 Å². The minimum atomic E-state index is -0.914. The molecule has 0 fully saturated rings. The van der Waals surface area contributed by atoms with Crippen molar-refractivity contribution in [2.45, 2.75) is 6.42 Å². The third-order valence-corrected chi connectivity index (χ3v) is 2.77. The Hall–Kier alpha value is -2.00. The lowest BCUT2D eigenvalue weighted by atomic mass is 10.1. The number of hydrogen-bond acceptors (Lipinski definition) is 4. The average molecular weight is 264 g/mol. The summed E-state index contributed by atoms with van der Waals surface area (Å²) in [6.45, 7) is 0. The van der Waals surface area contributed by atoms with E-state index < -0.39 is 5.97 Å². The van der Waals surface area contributed by atoms with Crippen LogP contribution in [0.4, 0.5) is 5.69 Å². The number of carbonyl (C=O) groups excluding carboxylic acids is 1. The maximum absolute atomic E-state index is 11.5. The Labute approximate surface area is 109 Å². The van der Waals surface area contributed by atoms with Gasteiger partial charge in [-0.2, -0.15) is 5.26 Å². The van der Waals surface area contributed by atoms with E-state index in [-0.39, 0.29) is 23.8 Å². The van der Waals surface area contributed by atoms with Crippen LogP contribution in [0, 0.1) is 11.3 Å². The highest BCUT2D eigenvalue weighted by molar-refractivity contribution is 8.00. The van der Waals surface area contributed by atoms with Crippen molar-refractivity contribution in [3.63, 3.8) is 0 Å². The van der Waals surface area contributed by atoms with Gasteiger partial charge in [0, 0.05) is 5.69 Å². The molecule has 0 aliphatic rings. The second kappa shape index (κ2) is 7.35. The van der Waals surface area contributed by atoms with Crippen LogP contribution in [0.3, 0.4) is 0 Å². The topological polar surface area (TPSA) is 90.2 Å². The van der Waals surface area contributed by atoms with Crippen molar-refractivity contribution in [3.05, 3.63) is 29.8 Å². The Bertz CT molecular complexity index is 482. The molecule has 0 heterocycles. The Morgan fingerprint density at radius 2 is 2.22 bits per heavy atom. The van der Waals surface area contributed by atoms with Crippen LogP contribution < -0.4 is 5.32 Å². The monoisotopic (exact) mass is 264 g/mol. The standard InChI is InChI=1S/C12H12N2O3S/c13-4-5-18-8-11(15)14-10-3-1-2-9(6-10)7-12(16)17/h1-3,6H,5,7-8H2,(H,14,15)(H,16,17). The molecule has 1 aromatic carbocycles. The number of rotatable bonds is 6. The van der Waals surface area contributed by atoms with Crippen LogP contribution >= 0.6 is 11.8 Å². The van der Waals surface area contributed by atoms with Crippen LogP contribution in [-0.4, -0.2) is 28.5 Å². The summed E-state index contributed by atoms with van der Waals surface area (Å²) in [6.07, 6.45) is -0.0765. The van der Waals surface area contributed by atoms with E-state index in [1.165, 1.54) is 11.8 Å². The van der Waals surface area contributed by atoms with Gasteiger partial charge in [-0.3, -0.25) is 9.59 Å². The minimum Gasteiger partial charge on any atom is -0.481 e. The molecule has 0 spiro atoms. The summed E-state index contributed by atoms with van der Waals surface area (Å²) in [6, 6.07) is 8.63. The highest BCUT2D eigenvalue weighted by Crippen LogP contribution is 2.12. The van der Waals surface area contributed by atoms with Crippen molar-refractivity contribution in [1.29, 1.82) is 5.26 Å². The van der Waals surface area contributed by atoms with Crippen LogP contribution in [0.2, 0.25) is 0 Å². The number of amides is 1. The van der Waals surface area contributed by atoms with Crippen LogP contribution in [0.5, 0.6) is 0 Å². The number of nitriles is 1. The van der Waals surface area contributed by atoms with Crippen molar-refractivity contribution in [2.75, 3.05) is 16.8 Å². The van der Waals surface area contributed by atoms with Gasteiger partial charge in [0.05, 0.1) is 24.0 Å². The normalized spacial score (nSPS) is 9.50. The molecule has 0 radical (unpaired) electrons. The molecule has 0 atom stereocenters. The molecule has 0 aliphatic carbocycles. The van der Waals surface area contributed by atoms with Crippen molar-refractivity contribution in [3.8, 4) is 6.07 Å². The van der Waals surface area contributed by atoms with E-state index in [2.05, 4.69) is 5.32 Å². The summed E-state index contributed by atoms with van der Waals surface area (Å²) in [5, 5.41) is 19.6. The van der Waals surface area contributed by atoms with Crippen LogP contribution in [-0.2, 0) is 16.0 Å². The van der Waals surface area contributed by atoms with Gasteiger partial charge in [0.15, 0.2) is 0 Å². The number of carbonyl (C=O) groups is 2. The van der Waals surface area contributed by atoms with Crippen molar-refractivity contribution >= 4 is 29.3 Å². The first-order valence-corrected chi connectivity index (χ1v) is 6.32. The molecule has 1 amide bonds. The van der Waals surface area contributed by atoms with Gasteiger partial charge < -0.3 is 10.4 Å². The molecule has 0 aromatic heterocycles. The Morgan fingerprint density at radius 3 is 2.89 bits per heavy atom. The lowest BCUT2D eigenvalue weighted by Crippen LogP contribution is -2.14. The zero-order valence-electron chi connectivity index (χ0n) is 9.55. The maximum atomic E-state index is 11.5. The predicted octanol–water partition coefficient (Wildman–Crippen LogP) is 1.51. The highest BCUT2D eigenvalue weighted by atomic mass is 32.2. The number of aliphatic carboxylic acids is 1. The molecule has 18 heavy (non-hydrogen) atoms. The van der Waals surface area contributed by atoms with Gasteiger partial charge in [0.25, 0.3) is 0 Å². The number of thioether (sulfide) groups is 1. The minimum absolute atomic E-state index is 0.0765. The first-order chi connectivity index (χ1) is 8.61. The third kappa shape index (κ3) is 5.37. The van der Waals surface area contributed by atoms with Gasteiger partial charge in [-0.1, -0.05) is 12.1 Å². The van der Waals surface area contributed by atoms with Gasteiger partial charge in [0.2, 0.25) is 5.91 Å². The first kappa shape index (κ1) is 14.1. The zero-order chi connectivity index (χ0) is 13.4. The third-order valence-electron chi connectivity index (χ3n) is 1.97. The van der Waals surface area contributed by atoms with Crippen molar-refractivity contribution in [2.24, 2.45) is 0 Å². The van der Waals surface area contributed by atoms with Gasteiger partial charge in [-0.15, -0.1) is 11.8 Å². The second-order valence-corrected chi connectivity index (χ2v) is 4.46. The second-order valence-electron chi connectivity index (χ2n) is 3.47. The molecular formula is C12H12N2O3S. The summed E-state index contributed by atoms with van der Waals surface area (Å²) < 4.78 is 0. The molecule has 1 rings (SSSR count). The van der Waals surface area contributed by atoms with E-state index in [1.807, 2.05) is 6.07 Å². The van der Waals surface area contributed by atoms with Crippen molar-refractivity contribution in [1.82, 2.24) is 0 Å². The van der Waals surface area contributed by atoms with E-state index >= 15 is 0 Å². The fourth-order valence-electron chi connectivity index (χ4n) is 1.32. The molecule has 5 nitrogen and oxygen atoms in total. The van der Waals surface area contributed by atoms with Gasteiger partial charge in [0.1, 0.15) is 0 Å². The molecule has 0 aliphatic heterocycles. The molecule has 94 valence electrons. The van der Waals surface area contributed by atoms with E-state index in [9.17, 15) is 9.59 Å². The number of hydrogen-bond donors (Lipinski definition) is 2. The van der Waals surface area contributed by atoms with Crippen LogP contribution in [0.15, 0.2) is 24.3 Å². The van der Waals surface area contributed by atoms with Crippen LogP contribution in [0.1, 0.15) is 5.56 Å². The summed E-state index contributed by atoms with van der Waals surface area (Å²) in [5.74, 6) is -0.644. The molecule has 0 bridgehead atoms. The number of carboxylic acids is 1. The average Bonchev–Trinajstić information content (AvgIpc) is 2.28. The van der Waals surface area contributed by atoms with Gasteiger partial charge in [-0.05, 0) is 17.7 Å². The van der Waals surface area contributed by atoms with E-state index in [0.29, 0.717) is 11.3 Å². The fourth-order valence-corrected chi connectivity index (χ4v) is 1.77. The molecule has 2 N–H and O–H groups in total. The summed E-state index contributed by atoms with van der Waals surface area (Å²) in [7, 11) is 0. The van der Waals surface area contributed by atoms with Crippen molar-refractivity contribution < 1.29 is 14.7 Å². The van der Waals surface area contributed by atoms with E-state index in [0.717, 1.165) is 0 Å². The molecule has 6 heteroatoms. The Morgan fingerprint density at radius 1 is 1.44 bits per heavy atom. The number of carboxylic acid groups (broad SMARTS) is 1. The Kier molecular flexibility index (Phi) is 5.74. The molecular weight excluding hydrogens is 252 g/mol. The van der Waals surface area contributed by atoms with E-state index in [1.54, 1.807) is 24.3 Å². The molecule has 0 unspecified atom stereocenters. The quantitative estimate of drug-likeness (QED) is 0.760. The molecule has 0 saturated heterocycles. The first-order valence-electron chi connectivity index (χ1n) is 5.17. The smallest absolute Gasteiger partial charge is 0.307 e. The van der Waals surface area contributed by atoms with E-state index in [4.69, 9.17) is 10.4 Å². The number of anilines is 1. The summed E-state index contributed by atoms with van der Waals surface area (Å²) in [4.78, 5) is 22.0. The zero-order valence-corrected chi connectivity index (χ0v) is 10.4. The summed E-state index contributed by atoms with van der Waals surface area (Å²) >= 11 is 1.23. The number of nitrogens with one attached hydrogen (secondary N) is 1. The fraction of sp³-hybridized carbons (Fsp3) is 0.250. The lowest BCUT2D eigenvalue weighted by Gasteiger charge is -2.05.